The van der Waals surface area contributed by atoms with E-state index in [0.29, 0.717) is 13.0 Å². The van der Waals surface area contributed by atoms with Gasteiger partial charge in [-0.05, 0) is 39.9 Å². The summed E-state index contributed by atoms with van der Waals surface area (Å²) >= 11 is 1.58. The molecule has 0 saturated carbocycles. The lowest BCUT2D eigenvalue weighted by Crippen LogP contribution is -2.31. The third-order valence-electron chi connectivity index (χ3n) is 6.07. The van der Waals surface area contributed by atoms with Crippen molar-refractivity contribution in [3.8, 4) is 11.1 Å². The van der Waals surface area contributed by atoms with Crippen molar-refractivity contribution >= 4 is 11.8 Å². The standard InChI is InChI=1S/C27H28N4O3S/c28-14-19-3-1-4-21(11-19)22-5-2-6-23(12-22)26-33-24(16-35-27-29-17-30-31-27)13-25(34-26)20-9-7-18(15-32)8-10-20/h1-12,17,24-26,32H,13-16,28H2,(H,29,30,31)/t24-,25+,26+/m1/s1. The molecule has 35 heavy (non-hydrogen) atoms. The highest BCUT2D eigenvalue weighted by atomic mass is 32.2. The van der Waals surface area contributed by atoms with Crippen LogP contribution in [0.15, 0.2) is 84.3 Å². The number of nitrogens with zero attached hydrogens (tertiary/aromatic N) is 2. The van der Waals surface area contributed by atoms with Crippen molar-refractivity contribution in [1.82, 2.24) is 15.2 Å². The lowest BCUT2D eigenvalue weighted by atomic mass is 9.99. The number of H-pyrrole nitrogens is 1. The number of aromatic amines is 1. The topological polar surface area (TPSA) is 106 Å². The molecule has 3 aromatic carbocycles. The lowest BCUT2D eigenvalue weighted by Gasteiger charge is -2.36. The van der Waals surface area contributed by atoms with Crippen molar-refractivity contribution in [2.75, 3.05) is 5.75 Å². The average Bonchev–Trinajstić information content (AvgIpc) is 3.46. The smallest absolute Gasteiger partial charge is 0.184 e. The van der Waals surface area contributed by atoms with Crippen molar-refractivity contribution in [3.63, 3.8) is 0 Å². The molecule has 3 atom stereocenters. The molecule has 5 rings (SSSR count). The fraction of sp³-hybridized carbons (Fsp3) is 0.259. The summed E-state index contributed by atoms with van der Waals surface area (Å²) in [6, 6.07) is 24.5. The number of hydrogen-bond donors (Lipinski definition) is 3. The number of thioether (sulfide) groups is 1. The lowest BCUT2D eigenvalue weighted by molar-refractivity contribution is -0.245. The van der Waals surface area contributed by atoms with Gasteiger partial charge in [0.15, 0.2) is 11.4 Å². The Bertz CT molecular complexity index is 1230. The molecule has 0 bridgehead atoms. The van der Waals surface area contributed by atoms with Crippen LogP contribution in [0, 0.1) is 0 Å². The zero-order chi connectivity index (χ0) is 24.0. The summed E-state index contributed by atoms with van der Waals surface area (Å²) in [6.07, 6.45) is 1.53. The number of aliphatic hydroxyl groups is 1. The van der Waals surface area contributed by atoms with E-state index in [1.165, 1.54) is 6.33 Å². The molecule has 1 aliphatic heterocycles. The van der Waals surface area contributed by atoms with Crippen molar-refractivity contribution in [2.24, 2.45) is 5.73 Å². The SMILES string of the molecule is NCc1cccc(-c2cccc([C@H]3O[C@@H](CSc4ncn[nH]4)C[C@@H](c4ccc(CO)cc4)O3)c2)c1. The van der Waals surface area contributed by atoms with Crippen LogP contribution in [0.4, 0.5) is 0 Å². The van der Waals surface area contributed by atoms with Crippen molar-refractivity contribution in [3.05, 3.63) is 101 Å². The maximum atomic E-state index is 9.41. The molecule has 7 nitrogen and oxygen atoms in total. The normalized spacial score (nSPS) is 20.1. The van der Waals surface area contributed by atoms with Crippen LogP contribution in [0.3, 0.4) is 0 Å². The van der Waals surface area contributed by atoms with Crippen LogP contribution in [0.5, 0.6) is 0 Å². The number of aromatic nitrogens is 3. The van der Waals surface area contributed by atoms with E-state index in [0.717, 1.165) is 44.3 Å². The van der Waals surface area contributed by atoms with Gasteiger partial charge in [0.1, 0.15) is 6.33 Å². The molecule has 1 fully saturated rings. The van der Waals surface area contributed by atoms with Gasteiger partial charge in [0.05, 0.1) is 18.8 Å². The first-order chi connectivity index (χ1) is 17.2. The number of nitrogens with one attached hydrogen (secondary N) is 1. The summed E-state index contributed by atoms with van der Waals surface area (Å²) in [5.74, 6) is 0.721. The van der Waals surface area contributed by atoms with Gasteiger partial charge in [-0.2, -0.15) is 5.10 Å². The second-order valence-electron chi connectivity index (χ2n) is 8.48. The van der Waals surface area contributed by atoms with E-state index in [4.69, 9.17) is 15.2 Å². The Morgan fingerprint density at radius 2 is 1.74 bits per heavy atom. The second-order valence-corrected chi connectivity index (χ2v) is 9.49. The first-order valence-electron chi connectivity index (χ1n) is 11.6. The molecule has 0 aliphatic carbocycles. The minimum atomic E-state index is -0.510. The summed E-state index contributed by atoms with van der Waals surface area (Å²) in [5.41, 5.74) is 12.0. The van der Waals surface area contributed by atoms with Gasteiger partial charge in [0.25, 0.3) is 0 Å². The summed E-state index contributed by atoms with van der Waals surface area (Å²) < 4.78 is 12.9. The fourth-order valence-electron chi connectivity index (χ4n) is 4.20. The van der Waals surface area contributed by atoms with E-state index in [9.17, 15) is 5.11 Å². The average molecular weight is 489 g/mol. The molecule has 1 aromatic heterocycles. The molecule has 0 spiro atoms. The maximum Gasteiger partial charge on any atom is 0.184 e. The Labute approximate surface area is 208 Å². The predicted octanol–water partition coefficient (Wildman–Crippen LogP) is 4.76. The largest absolute Gasteiger partial charge is 0.392 e. The first-order valence-corrected chi connectivity index (χ1v) is 12.6. The Morgan fingerprint density at radius 3 is 2.49 bits per heavy atom. The fourth-order valence-corrected chi connectivity index (χ4v) is 5.00. The monoisotopic (exact) mass is 488 g/mol. The van der Waals surface area contributed by atoms with Crippen LogP contribution in [0.1, 0.15) is 41.1 Å². The highest BCUT2D eigenvalue weighted by molar-refractivity contribution is 7.99. The second kappa shape index (κ2) is 11.2. The highest BCUT2D eigenvalue weighted by Crippen LogP contribution is 2.40. The van der Waals surface area contributed by atoms with E-state index >= 15 is 0 Å². The van der Waals surface area contributed by atoms with Crippen LogP contribution in [0.25, 0.3) is 11.1 Å². The van der Waals surface area contributed by atoms with Gasteiger partial charge in [-0.25, -0.2) is 4.98 Å². The Morgan fingerprint density at radius 1 is 0.943 bits per heavy atom. The molecule has 4 N–H and O–H groups in total. The third-order valence-corrected chi connectivity index (χ3v) is 7.08. The molecular weight excluding hydrogens is 460 g/mol. The summed E-state index contributed by atoms with van der Waals surface area (Å²) in [7, 11) is 0. The van der Waals surface area contributed by atoms with Gasteiger partial charge in [-0.1, -0.05) is 72.4 Å². The molecule has 4 aromatic rings. The maximum absolute atomic E-state index is 9.41. The number of aliphatic hydroxyl groups excluding tert-OH is 1. The van der Waals surface area contributed by atoms with Gasteiger partial charge < -0.3 is 20.3 Å². The van der Waals surface area contributed by atoms with Crippen molar-refractivity contribution < 1.29 is 14.6 Å². The van der Waals surface area contributed by atoms with Crippen LogP contribution >= 0.6 is 11.8 Å². The summed E-state index contributed by atoms with van der Waals surface area (Å²) in [5, 5.41) is 17.0. The molecule has 1 aliphatic rings. The molecular formula is C27H28N4O3S. The quantitative estimate of drug-likeness (QED) is 0.307. The van der Waals surface area contributed by atoms with Gasteiger partial charge >= 0.3 is 0 Å². The number of rotatable bonds is 8. The van der Waals surface area contributed by atoms with Crippen LogP contribution in [-0.2, 0) is 22.6 Å². The minimum Gasteiger partial charge on any atom is -0.392 e. The van der Waals surface area contributed by atoms with Gasteiger partial charge in [-0.15, -0.1) is 0 Å². The first kappa shape index (κ1) is 23.7. The van der Waals surface area contributed by atoms with E-state index in [-0.39, 0.29) is 18.8 Å². The molecule has 1 saturated heterocycles. The van der Waals surface area contributed by atoms with Gasteiger partial charge in [0, 0.05) is 24.3 Å². The van der Waals surface area contributed by atoms with E-state index in [2.05, 4.69) is 39.4 Å². The number of hydrogen-bond acceptors (Lipinski definition) is 7. The Kier molecular flexibility index (Phi) is 7.56. The number of nitrogens with two attached hydrogens (primary N) is 1. The Hall–Kier alpha value is -3.01. The van der Waals surface area contributed by atoms with Crippen LogP contribution in [-0.4, -0.2) is 32.1 Å². The zero-order valence-electron chi connectivity index (χ0n) is 19.2. The van der Waals surface area contributed by atoms with Gasteiger partial charge in [-0.3, -0.25) is 5.10 Å². The number of benzene rings is 3. The van der Waals surface area contributed by atoms with Crippen molar-refractivity contribution in [1.29, 1.82) is 0 Å². The minimum absolute atomic E-state index is 0.0200. The molecule has 0 amide bonds. The third kappa shape index (κ3) is 5.80. The molecule has 0 radical (unpaired) electrons. The Balaban J connectivity index is 1.40. The van der Waals surface area contributed by atoms with Crippen LogP contribution < -0.4 is 5.73 Å². The van der Waals surface area contributed by atoms with Gasteiger partial charge in [0.2, 0.25) is 0 Å². The molecule has 0 unspecified atom stereocenters. The summed E-state index contributed by atoms with van der Waals surface area (Å²) in [4.78, 5) is 4.21. The highest BCUT2D eigenvalue weighted by Gasteiger charge is 2.32. The van der Waals surface area contributed by atoms with Crippen molar-refractivity contribution in [2.45, 2.75) is 43.2 Å². The summed E-state index contributed by atoms with van der Waals surface area (Å²) in [6.45, 7) is 0.524. The van der Waals surface area contributed by atoms with E-state index < -0.39 is 6.29 Å². The molecule has 2 heterocycles. The van der Waals surface area contributed by atoms with Crippen LogP contribution in [0.2, 0.25) is 0 Å². The zero-order valence-corrected chi connectivity index (χ0v) is 20.0. The van der Waals surface area contributed by atoms with E-state index in [1.54, 1.807) is 11.8 Å². The predicted molar refractivity (Wildman–Crippen MR) is 135 cm³/mol. The molecule has 8 heteroatoms. The number of ether oxygens (including phenoxy) is 2. The molecule has 180 valence electrons. The van der Waals surface area contributed by atoms with E-state index in [1.807, 2.05) is 48.5 Å².